The second-order valence-electron chi connectivity index (χ2n) is 4.55. The van der Waals surface area contributed by atoms with Gasteiger partial charge in [0.2, 0.25) is 0 Å². The fourth-order valence-electron chi connectivity index (χ4n) is 2.23. The van der Waals surface area contributed by atoms with Crippen molar-refractivity contribution < 1.29 is 4.39 Å². The third-order valence-corrected chi connectivity index (χ3v) is 4.36. The summed E-state index contributed by atoms with van der Waals surface area (Å²) < 4.78 is 15.4. The predicted molar refractivity (Wildman–Crippen MR) is 80.1 cm³/mol. The van der Waals surface area contributed by atoms with Gasteiger partial charge in [-0.05, 0) is 19.1 Å². The highest BCUT2D eigenvalue weighted by Gasteiger charge is 2.13. The van der Waals surface area contributed by atoms with Crippen LogP contribution >= 0.6 is 22.9 Å². The molecular formula is C14H13ClFN3S. The molecule has 0 unspecified atom stereocenters. The number of rotatable bonds is 4. The molecule has 0 aliphatic carbocycles. The van der Waals surface area contributed by atoms with Crippen molar-refractivity contribution in [1.82, 2.24) is 14.5 Å². The molecule has 0 aliphatic heterocycles. The highest BCUT2D eigenvalue weighted by molar-refractivity contribution is 7.09. The Labute approximate surface area is 125 Å². The fourth-order valence-corrected chi connectivity index (χ4v) is 3.16. The second-order valence-corrected chi connectivity index (χ2v) is 5.86. The molecule has 3 nitrogen and oxygen atoms in total. The quantitative estimate of drug-likeness (QED) is 0.687. The molecule has 2 aromatic heterocycles. The van der Waals surface area contributed by atoms with E-state index in [2.05, 4.69) is 14.5 Å². The summed E-state index contributed by atoms with van der Waals surface area (Å²) in [5.74, 6) is 1.11. The lowest BCUT2D eigenvalue weighted by Gasteiger charge is -2.07. The maximum Gasteiger partial charge on any atom is 0.125 e. The third kappa shape index (κ3) is 2.43. The minimum atomic E-state index is -0.270. The van der Waals surface area contributed by atoms with Crippen LogP contribution in [0.15, 0.2) is 23.7 Å². The summed E-state index contributed by atoms with van der Waals surface area (Å²) in [6.45, 7) is 2.69. The summed E-state index contributed by atoms with van der Waals surface area (Å²) in [7, 11) is 0. The number of nitrogens with zero attached hydrogens (tertiary/aromatic N) is 3. The molecule has 0 bridgehead atoms. The van der Waals surface area contributed by atoms with Crippen molar-refractivity contribution in [2.75, 3.05) is 5.88 Å². The van der Waals surface area contributed by atoms with Crippen molar-refractivity contribution in [2.45, 2.75) is 19.9 Å². The minimum Gasteiger partial charge on any atom is -0.323 e. The molecule has 3 aromatic rings. The van der Waals surface area contributed by atoms with Crippen LogP contribution in [0.5, 0.6) is 0 Å². The van der Waals surface area contributed by atoms with E-state index in [1.807, 2.05) is 12.4 Å². The number of alkyl halides is 1. The van der Waals surface area contributed by atoms with Crippen LogP contribution in [-0.4, -0.2) is 20.4 Å². The number of benzene rings is 1. The van der Waals surface area contributed by atoms with E-state index in [-0.39, 0.29) is 5.82 Å². The van der Waals surface area contributed by atoms with Gasteiger partial charge in [-0.1, -0.05) is 0 Å². The molecule has 0 radical (unpaired) electrons. The summed E-state index contributed by atoms with van der Waals surface area (Å²) >= 11 is 7.46. The standard InChI is InChI=1S/C14H13ClFN3S/c1-9-13(20-8-17-9)7-19-12-3-2-10(16)6-11(12)18-14(19)4-5-15/h2-3,6,8H,4-5,7H2,1H3. The van der Waals surface area contributed by atoms with Gasteiger partial charge in [-0.25, -0.2) is 14.4 Å². The van der Waals surface area contributed by atoms with Crippen LogP contribution < -0.4 is 0 Å². The Bertz CT molecular complexity index is 750. The monoisotopic (exact) mass is 309 g/mol. The first-order valence-corrected chi connectivity index (χ1v) is 7.70. The van der Waals surface area contributed by atoms with E-state index in [1.54, 1.807) is 17.4 Å². The zero-order valence-electron chi connectivity index (χ0n) is 10.9. The Kier molecular flexibility index (Phi) is 3.72. The molecular weight excluding hydrogens is 297 g/mol. The molecule has 0 aliphatic rings. The lowest BCUT2D eigenvalue weighted by Crippen LogP contribution is -2.05. The Morgan fingerprint density at radius 1 is 1.40 bits per heavy atom. The first kappa shape index (κ1) is 13.5. The van der Waals surface area contributed by atoms with Crippen molar-refractivity contribution in [2.24, 2.45) is 0 Å². The van der Waals surface area contributed by atoms with Gasteiger partial charge in [0.1, 0.15) is 11.6 Å². The molecule has 3 rings (SSSR count). The second kappa shape index (κ2) is 5.50. The normalized spacial score (nSPS) is 11.3. The lowest BCUT2D eigenvalue weighted by atomic mass is 10.3. The molecule has 20 heavy (non-hydrogen) atoms. The van der Waals surface area contributed by atoms with Gasteiger partial charge in [-0.3, -0.25) is 0 Å². The number of hydrogen-bond donors (Lipinski definition) is 0. The highest BCUT2D eigenvalue weighted by Crippen LogP contribution is 2.22. The van der Waals surface area contributed by atoms with E-state index in [0.29, 0.717) is 24.4 Å². The largest absolute Gasteiger partial charge is 0.323 e. The number of thiazole rings is 1. The molecule has 0 amide bonds. The van der Waals surface area contributed by atoms with Gasteiger partial charge in [0.05, 0.1) is 28.8 Å². The van der Waals surface area contributed by atoms with Crippen molar-refractivity contribution in [3.63, 3.8) is 0 Å². The Morgan fingerprint density at radius 3 is 2.95 bits per heavy atom. The van der Waals surface area contributed by atoms with Gasteiger partial charge in [0, 0.05) is 23.2 Å². The number of imidazole rings is 1. The van der Waals surface area contributed by atoms with Gasteiger partial charge < -0.3 is 4.57 Å². The average molecular weight is 310 g/mol. The molecule has 0 N–H and O–H groups in total. The maximum absolute atomic E-state index is 13.3. The average Bonchev–Trinajstić information content (AvgIpc) is 2.96. The van der Waals surface area contributed by atoms with Crippen LogP contribution in [0.3, 0.4) is 0 Å². The molecule has 0 saturated carbocycles. The number of fused-ring (bicyclic) bond motifs is 1. The van der Waals surface area contributed by atoms with Crippen LogP contribution in [0.4, 0.5) is 4.39 Å². The van der Waals surface area contributed by atoms with E-state index in [4.69, 9.17) is 11.6 Å². The molecule has 104 valence electrons. The van der Waals surface area contributed by atoms with E-state index in [0.717, 1.165) is 17.0 Å². The van der Waals surface area contributed by atoms with Crippen molar-refractivity contribution >= 4 is 34.0 Å². The van der Waals surface area contributed by atoms with Gasteiger partial charge in [-0.2, -0.15) is 0 Å². The number of halogens is 2. The van der Waals surface area contributed by atoms with E-state index >= 15 is 0 Å². The third-order valence-electron chi connectivity index (χ3n) is 3.25. The maximum atomic E-state index is 13.3. The smallest absolute Gasteiger partial charge is 0.125 e. The zero-order chi connectivity index (χ0) is 14.1. The number of aromatic nitrogens is 3. The van der Waals surface area contributed by atoms with Gasteiger partial charge in [-0.15, -0.1) is 22.9 Å². The molecule has 0 fully saturated rings. The van der Waals surface area contributed by atoms with Crippen LogP contribution in [0.2, 0.25) is 0 Å². The Balaban J connectivity index is 2.11. The van der Waals surface area contributed by atoms with E-state index < -0.39 is 0 Å². The summed E-state index contributed by atoms with van der Waals surface area (Å²) in [6.07, 6.45) is 0.662. The first-order valence-electron chi connectivity index (χ1n) is 6.28. The molecule has 2 heterocycles. The molecule has 0 spiro atoms. The number of aryl methyl sites for hydroxylation is 2. The van der Waals surface area contributed by atoms with Gasteiger partial charge >= 0.3 is 0 Å². The Morgan fingerprint density at radius 2 is 2.25 bits per heavy atom. The Hall–Kier alpha value is -1.46. The first-order chi connectivity index (χ1) is 9.69. The fraction of sp³-hybridized carbons (Fsp3) is 0.286. The molecule has 0 saturated heterocycles. The summed E-state index contributed by atoms with van der Waals surface area (Å²) in [4.78, 5) is 9.95. The van der Waals surface area contributed by atoms with Crippen LogP contribution in [-0.2, 0) is 13.0 Å². The minimum absolute atomic E-state index is 0.270. The summed E-state index contributed by atoms with van der Waals surface area (Å²) in [5, 5.41) is 0. The lowest BCUT2D eigenvalue weighted by molar-refractivity contribution is 0.629. The van der Waals surface area contributed by atoms with Crippen molar-refractivity contribution in [1.29, 1.82) is 0 Å². The van der Waals surface area contributed by atoms with E-state index in [1.165, 1.54) is 17.0 Å². The topological polar surface area (TPSA) is 30.7 Å². The zero-order valence-corrected chi connectivity index (χ0v) is 12.5. The number of hydrogen-bond acceptors (Lipinski definition) is 3. The summed E-state index contributed by atoms with van der Waals surface area (Å²) in [5.41, 5.74) is 4.47. The van der Waals surface area contributed by atoms with Crippen LogP contribution in [0.25, 0.3) is 11.0 Å². The highest BCUT2D eigenvalue weighted by atomic mass is 35.5. The van der Waals surface area contributed by atoms with Crippen LogP contribution in [0.1, 0.15) is 16.4 Å². The van der Waals surface area contributed by atoms with Crippen molar-refractivity contribution in [3.8, 4) is 0 Å². The predicted octanol–water partition coefficient (Wildman–Crippen LogP) is 3.77. The molecule has 0 atom stereocenters. The molecule has 6 heteroatoms. The van der Waals surface area contributed by atoms with E-state index in [9.17, 15) is 4.39 Å². The van der Waals surface area contributed by atoms with Gasteiger partial charge in [0.15, 0.2) is 0 Å². The summed E-state index contributed by atoms with van der Waals surface area (Å²) in [6, 6.07) is 4.69. The molecule has 1 aromatic carbocycles. The van der Waals surface area contributed by atoms with Crippen LogP contribution in [0, 0.1) is 12.7 Å². The SMILES string of the molecule is Cc1ncsc1Cn1c(CCCl)nc2cc(F)ccc21. The van der Waals surface area contributed by atoms with Gasteiger partial charge in [0.25, 0.3) is 0 Å². The van der Waals surface area contributed by atoms with Crippen molar-refractivity contribution in [3.05, 3.63) is 45.9 Å².